The van der Waals surface area contributed by atoms with Gasteiger partial charge in [0.05, 0.1) is 5.60 Å². The van der Waals surface area contributed by atoms with Gasteiger partial charge in [0.1, 0.15) is 0 Å². The molecular formula is C20H30O2. The van der Waals surface area contributed by atoms with E-state index in [0.29, 0.717) is 12.3 Å². The summed E-state index contributed by atoms with van der Waals surface area (Å²) in [5.41, 5.74) is 2.51. The Hall–Kier alpha value is -1.15. The second-order valence-corrected chi connectivity index (χ2v) is 7.65. The first kappa shape index (κ1) is 17.2. The van der Waals surface area contributed by atoms with Crippen molar-refractivity contribution in [3.8, 4) is 0 Å². The molecule has 0 aromatic heterocycles. The minimum absolute atomic E-state index is 0.0137. The molecule has 122 valence electrons. The van der Waals surface area contributed by atoms with Crippen LogP contribution < -0.4 is 0 Å². The monoisotopic (exact) mass is 302 g/mol. The highest BCUT2D eigenvalue weighted by Crippen LogP contribution is 2.46. The van der Waals surface area contributed by atoms with Crippen LogP contribution in [0.4, 0.5) is 0 Å². The Morgan fingerprint density at radius 1 is 1.41 bits per heavy atom. The van der Waals surface area contributed by atoms with Crippen LogP contribution in [0.3, 0.4) is 0 Å². The average Bonchev–Trinajstić information content (AvgIpc) is 2.68. The van der Waals surface area contributed by atoms with Crippen LogP contribution >= 0.6 is 0 Å². The zero-order valence-electron chi connectivity index (χ0n) is 14.5. The lowest BCUT2D eigenvalue weighted by molar-refractivity contribution is -0.115. The lowest BCUT2D eigenvalue weighted by Crippen LogP contribution is -2.32. The Labute approximate surface area is 135 Å². The molecule has 0 radical (unpaired) electrons. The van der Waals surface area contributed by atoms with E-state index in [1.807, 2.05) is 13.8 Å². The van der Waals surface area contributed by atoms with E-state index in [1.165, 1.54) is 5.57 Å². The molecule has 2 aliphatic carbocycles. The zero-order chi connectivity index (χ0) is 16.5. The van der Waals surface area contributed by atoms with Gasteiger partial charge in [-0.15, -0.1) is 0 Å². The summed E-state index contributed by atoms with van der Waals surface area (Å²) in [4.78, 5) is 12.7. The molecule has 0 aliphatic heterocycles. The molecule has 2 heteroatoms. The minimum atomic E-state index is -0.732. The number of Topliss-reactive ketones (excluding diaryl/α,β-unsaturated/α-hetero) is 1. The molecule has 1 N–H and O–H groups in total. The van der Waals surface area contributed by atoms with Crippen molar-refractivity contribution < 1.29 is 9.90 Å². The Morgan fingerprint density at radius 3 is 2.73 bits per heavy atom. The summed E-state index contributed by atoms with van der Waals surface area (Å²) in [7, 11) is 0. The van der Waals surface area contributed by atoms with Gasteiger partial charge < -0.3 is 5.11 Å². The lowest BCUT2D eigenvalue weighted by atomic mass is 9.79. The van der Waals surface area contributed by atoms with E-state index in [0.717, 1.165) is 36.8 Å². The number of fused-ring (bicyclic) bond motifs is 1. The quantitative estimate of drug-likeness (QED) is 0.719. The number of allylic oxidation sites excluding steroid dienone is 4. The molecule has 1 saturated carbocycles. The van der Waals surface area contributed by atoms with E-state index in [-0.39, 0.29) is 17.6 Å². The predicted molar refractivity (Wildman–Crippen MR) is 91.5 cm³/mol. The Balaban J connectivity index is 2.46. The van der Waals surface area contributed by atoms with Crippen molar-refractivity contribution in [1.29, 1.82) is 0 Å². The summed E-state index contributed by atoms with van der Waals surface area (Å²) in [6, 6.07) is 0. The van der Waals surface area contributed by atoms with Crippen LogP contribution in [0.1, 0.15) is 59.8 Å². The molecular weight excluding hydrogens is 272 g/mol. The zero-order valence-corrected chi connectivity index (χ0v) is 14.5. The fourth-order valence-electron chi connectivity index (χ4n) is 3.90. The number of aliphatic hydroxyl groups is 1. The van der Waals surface area contributed by atoms with Crippen molar-refractivity contribution in [1.82, 2.24) is 0 Å². The normalized spacial score (nSPS) is 38.8. The van der Waals surface area contributed by atoms with Gasteiger partial charge in [-0.1, -0.05) is 43.7 Å². The van der Waals surface area contributed by atoms with E-state index in [4.69, 9.17) is 0 Å². The topological polar surface area (TPSA) is 37.3 Å². The molecule has 22 heavy (non-hydrogen) atoms. The molecule has 2 aliphatic rings. The highest BCUT2D eigenvalue weighted by atomic mass is 16.3. The number of ketones is 1. The van der Waals surface area contributed by atoms with Gasteiger partial charge in [-0.25, -0.2) is 0 Å². The van der Waals surface area contributed by atoms with Crippen molar-refractivity contribution in [3.63, 3.8) is 0 Å². The molecule has 0 aromatic carbocycles. The average molecular weight is 302 g/mol. The summed E-state index contributed by atoms with van der Waals surface area (Å²) < 4.78 is 0. The molecule has 0 heterocycles. The van der Waals surface area contributed by atoms with Crippen LogP contribution in [0.5, 0.6) is 0 Å². The van der Waals surface area contributed by atoms with E-state index in [9.17, 15) is 9.90 Å². The van der Waals surface area contributed by atoms with Gasteiger partial charge >= 0.3 is 0 Å². The van der Waals surface area contributed by atoms with Crippen LogP contribution in [0.25, 0.3) is 0 Å². The second-order valence-electron chi connectivity index (χ2n) is 7.65. The first-order valence-corrected chi connectivity index (χ1v) is 8.53. The number of rotatable bonds is 1. The van der Waals surface area contributed by atoms with Gasteiger partial charge in [0.2, 0.25) is 0 Å². The minimum Gasteiger partial charge on any atom is -0.390 e. The van der Waals surface area contributed by atoms with E-state index < -0.39 is 5.60 Å². The highest BCUT2D eigenvalue weighted by molar-refractivity contribution is 5.97. The van der Waals surface area contributed by atoms with Crippen LogP contribution in [0.2, 0.25) is 0 Å². The standard InChI is InChI=1S/C20H30O2/c1-13(2)17-12-18-16(9-10-20(18,5)22)15(4)8-6-7-14(3)11-19(17)21/h7,12-13,16,18,22H,4,6,8-11H2,1-3,5H3/b14-7+,17-12-/t16-,18-,20+/m1/s1. The maximum atomic E-state index is 12.7. The third-order valence-electron chi connectivity index (χ3n) is 5.34. The molecule has 3 atom stereocenters. The van der Waals surface area contributed by atoms with Crippen molar-refractivity contribution in [2.45, 2.75) is 65.4 Å². The summed E-state index contributed by atoms with van der Waals surface area (Å²) >= 11 is 0. The van der Waals surface area contributed by atoms with Gasteiger partial charge in [0.25, 0.3) is 0 Å². The Bertz CT molecular complexity index is 520. The molecule has 2 rings (SSSR count). The van der Waals surface area contributed by atoms with Crippen molar-refractivity contribution in [2.24, 2.45) is 17.8 Å². The molecule has 0 amide bonds. The summed E-state index contributed by atoms with van der Waals surface area (Å²) in [6.07, 6.45) is 8.40. The van der Waals surface area contributed by atoms with Crippen LogP contribution in [-0.4, -0.2) is 16.5 Å². The number of hydrogen-bond acceptors (Lipinski definition) is 2. The smallest absolute Gasteiger partial charge is 0.162 e. The molecule has 0 saturated heterocycles. The van der Waals surface area contributed by atoms with Gasteiger partial charge in [-0.2, -0.15) is 0 Å². The molecule has 1 fully saturated rings. The van der Waals surface area contributed by atoms with Crippen molar-refractivity contribution in [2.75, 3.05) is 0 Å². The Morgan fingerprint density at radius 2 is 2.09 bits per heavy atom. The molecule has 0 aromatic rings. The molecule has 0 bridgehead atoms. The molecule has 0 unspecified atom stereocenters. The number of hydrogen-bond donors (Lipinski definition) is 1. The van der Waals surface area contributed by atoms with E-state index in [1.54, 1.807) is 0 Å². The summed E-state index contributed by atoms with van der Waals surface area (Å²) in [5.74, 6) is 0.701. The van der Waals surface area contributed by atoms with E-state index >= 15 is 0 Å². The van der Waals surface area contributed by atoms with Gasteiger partial charge in [-0.3, -0.25) is 4.79 Å². The third kappa shape index (κ3) is 3.60. The van der Waals surface area contributed by atoms with Crippen molar-refractivity contribution in [3.05, 3.63) is 35.5 Å². The van der Waals surface area contributed by atoms with Crippen LogP contribution in [0.15, 0.2) is 35.5 Å². The SMILES string of the molecule is C=C1CC/C=C(\C)CC(=O)/C(C(C)C)=C\[C@@H]2[C@@H]1CC[C@]2(C)O. The fourth-order valence-corrected chi connectivity index (χ4v) is 3.90. The van der Waals surface area contributed by atoms with Gasteiger partial charge in [-0.05, 0) is 56.9 Å². The van der Waals surface area contributed by atoms with E-state index in [2.05, 4.69) is 32.6 Å². The second kappa shape index (κ2) is 6.54. The molecule has 0 spiro atoms. The van der Waals surface area contributed by atoms with Crippen LogP contribution in [0, 0.1) is 17.8 Å². The maximum absolute atomic E-state index is 12.7. The fraction of sp³-hybridized carbons (Fsp3) is 0.650. The van der Waals surface area contributed by atoms with Gasteiger partial charge in [0, 0.05) is 12.3 Å². The number of carbonyl (C=O) groups excluding carboxylic acids is 1. The third-order valence-corrected chi connectivity index (χ3v) is 5.34. The maximum Gasteiger partial charge on any atom is 0.162 e. The Kier molecular flexibility index (Phi) is 5.11. The first-order chi connectivity index (χ1) is 10.2. The summed E-state index contributed by atoms with van der Waals surface area (Å²) in [6.45, 7) is 12.4. The largest absolute Gasteiger partial charge is 0.390 e. The number of carbonyl (C=O) groups is 1. The highest BCUT2D eigenvalue weighted by Gasteiger charge is 2.44. The lowest BCUT2D eigenvalue weighted by Gasteiger charge is -2.29. The first-order valence-electron chi connectivity index (χ1n) is 8.53. The van der Waals surface area contributed by atoms with Crippen LogP contribution in [-0.2, 0) is 4.79 Å². The predicted octanol–water partition coefficient (Wildman–Crippen LogP) is 4.60. The molecule has 2 nitrogen and oxygen atoms in total. The van der Waals surface area contributed by atoms with Gasteiger partial charge in [0.15, 0.2) is 5.78 Å². The van der Waals surface area contributed by atoms with Crippen molar-refractivity contribution >= 4 is 5.78 Å². The summed E-state index contributed by atoms with van der Waals surface area (Å²) in [5, 5.41) is 10.8.